The Balaban J connectivity index is 1.21. The number of halogens is 3. The van der Waals surface area contributed by atoms with Crippen LogP contribution < -0.4 is 10.1 Å². The fourth-order valence-corrected chi connectivity index (χ4v) is 6.07. The summed E-state index contributed by atoms with van der Waals surface area (Å²) in [6, 6.07) is -0.0951. The quantitative estimate of drug-likeness (QED) is 0.558. The van der Waals surface area contributed by atoms with Crippen LogP contribution in [0.1, 0.15) is 43.7 Å². The lowest BCUT2D eigenvalue weighted by Gasteiger charge is -2.31. The van der Waals surface area contributed by atoms with Crippen LogP contribution in [0.4, 0.5) is 19.1 Å². The Labute approximate surface area is 212 Å². The van der Waals surface area contributed by atoms with Gasteiger partial charge in [0.15, 0.2) is 0 Å². The Kier molecular flexibility index (Phi) is 7.56. The molecular weight excluding hydrogens is 517 g/mol. The van der Waals surface area contributed by atoms with Crippen molar-refractivity contribution in [1.82, 2.24) is 24.1 Å². The Morgan fingerprint density at radius 2 is 1.76 bits per heavy atom. The number of alkyl halides is 3. The maximum atomic E-state index is 13.4. The van der Waals surface area contributed by atoms with Crippen molar-refractivity contribution in [1.29, 1.82) is 0 Å². The van der Waals surface area contributed by atoms with Crippen LogP contribution in [-0.2, 0) is 25.7 Å². The van der Waals surface area contributed by atoms with Crippen molar-refractivity contribution in [2.75, 3.05) is 44.8 Å². The van der Waals surface area contributed by atoms with Crippen molar-refractivity contribution in [2.24, 2.45) is 0 Å². The number of piperidine rings is 1. The maximum Gasteiger partial charge on any atom is 0.423 e. The van der Waals surface area contributed by atoms with Gasteiger partial charge in [0.1, 0.15) is 16.6 Å². The average molecular weight is 547 g/mol. The van der Waals surface area contributed by atoms with Crippen LogP contribution >= 0.6 is 0 Å². The molecule has 3 aliphatic rings. The molecule has 0 amide bonds. The predicted octanol–water partition coefficient (Wildman–Crippen LogP) is 2.48. The van der Waals surface area contributed by atoms with E-state index in [1.807, 2.05) is 0 Å². The molecular formula is C22H29F3N6O5S. The number of nitrogens with one attached hydrogen (secondary N) is 1. The molecule has 11 nitrogen and oxygen atoms in total. The fraction of sp³-hybridized carbons (Fsp3) is 0.682. The molecule has 204 valence electrons. The molecule has 0 radical (unpaired) electrons. The van der Waals surface area contributed by atoms with Gasteiger partial charge >= 0.3 is 6.18 Å². The monoisotopic (exact) mass is 546 g/mol. The number of ether oxygens (including phenoxy) is 3. The van der Waals surface area contributed by atoms with Gasteiger partial charge in [0.05, 0.1) is 25.5 Å². The third-order valence-corrected chi connectivity index (χ3v) is 8.64. The third kappa shape index (κ3) is 5.99. The molecule has 5 rings (SSSR count). The number of hydrogen-bond acceptors (Lipinski definition) is 9. The van der Waals surface area contributed by atoms with E-state index in [1.165, 1.54) is 10.5 Å². The first-order valence-electron chi connectivity index (χ1n) is 12.3. The van der Waals surface area contributed by atoms with Gasteiger partial charge in [0.2, 0.25) is 21.9 Å². The van der Waals surface area contributed by atoms with E-state index in [1.54, 1.807) is 10.9 Å². The lowest BCUT2D eigenvalue weighted by Crippen LogP contribution is -2.42. The first-order chi connectivity index (χ1) is 17.7. The molecule has 15 heteroatoms. The van der Waals surface area contributed by atoms with Gasteiger partial charge in [-0.15, -0.1) is 0 Å². The first kappa shape index (κ1) is 26.1. The molecule has 0 aromatic carbocycles. The summed E-state index contributed by atoms with van der Waals surface area (Å²) in [7, 11) is -3.72. The summed E-state index contributed by atoms with van der Waals surface area (Å²) in [4.78, 5) is 7.97. The van der Waals surface area contributed by atoms with Crippen LogP contribution in [0.3, 0.4) is 0 Å². The molecule has 1 N–H and O–H groups in total. The van der Waals surface area contributed by atoms with E-state index in [9.17, 15) is 21.6 Å². The summed E-state index contributed by atoms with van der Waals surface area (Å²) < 4.78 is 85.7. The number of anilines is 1. The van der Waals surface area contributed by atoms with E-state index >= 15 is 0 Å². The highest BCUT2D eigenvalue weighted by molar-refractivity contribution is 7.89. The zero-order chi connectivity index (χ0) is 26.0. The van der Waals surface area contributed by atoms with E-state index in [2.05, 4.69) is 20.4 Å². The Hall–Kier alpha value is -2.49. The van der Waals surface area contributed by atoms with Crippen molar-refractivity contribution in [2.45, 2.75) is 61.4 Å². The van der Waals surface area contributed by atoms with Gasteiger partial charge in [-0.25, -0.2) is 13.4 Å². The smallest absolute Gasteiger partial charge is 0.423 e. The second-order valence-electron chi connectivity index (χ2n) is 9.34. The standard InChI is InChI=1S/C22H29F3N6O5S/c23-22(24,25)19-12-26-21(29-20(19)36-17-5-10-35-14-17)28-15-1-6-30(7-2-15)37(32,33)18-11-27-31(13-18)16-3-8-34-9-4-16/h11-13,15-17H,1-10,14H2,(H,26,28,29)/t17-/m0/s1. The lowest BCUT2D eigenvalue weighted by molar-refractivity contribution is -0.139. The SMILES string of the molecule is O=S(=O)(c1cnn(C2CCOCC2)c1)N1CCC(Nc2ncc(C(F)(F)F)c(O[C@H]3CCOC3)n2)CC1. The Morgan fingerprint density at radius 1 is 1.03 bits per heavy atom. The second kappa shape index (κ2) is 10.7. The van der Waals surface area contributed by atoms with Crippen molar-refractivity contribution in [3.63, 3.8) is 0 Å². The zero-order valence-corrected chi connectivity index (χ0v) is 20.9. The largest absolute Gasteiger partial charge is 0.471 e. The van der Waals surface area contributed by atoms with Crippen LogP contribution in [0, 0.1) is 0 Å². The normalized spacial score (nSPS) is 22.8. The summed E-state index contributed by atoms with van der Waals surface area (Å²) in [6.07, 6.45) is 1.40. The van der Waals surface area contributed by atoms with E-state index in [0.29, 0.717) is 45.3 Å². The van der Waals surface area contributed by atoms with E-state index in [-0.39, 0.29) is 42.6 Å². The molecule has 0 saturated carbocycles. The molecule has 1 atom stereocenters. The van der Waals surface area contributed by atoms with Crippen molar-refractivity contribution in [3.8, 4) is 5.88 Å². The van der Waals surface area contributed by atoms with Crippen LogP contribution in [0.5, 0.6) is 5.88 Å². The summed E-state index contributed by atoms with van der Waals surface area (Å²) >= 11 is 0. The molecule has 0 unspecified atom stereocenters. The molecule has 3 fully saturated rings. The molecule has 2 aromatic rings. The molecule has 0 spiro atoms. The molecule has 3 saturated heterocycles. The zero-order valence-electron chi connectivity index (χ0n) is 20.1. The minimum atomic E-state index is -4.66. The fourth-order valence-electron chi connectivity index (χ4n) is 4.66. The van der Waals surface area contributed by atoms with Crippen LogP contribution in [0.15, 0.2) is 23.5 Å². The molecule has 37 heavy (non-hydrogen) atoms. The Bertz CT molecular complexity index is 1170. The first-order valence-corrected chi connectivity index (χ1v) is 13.7. The topological polar surface area (TPSA) is 121 Å². The highest BCUT2D eigenvalue weighted by Gasteiger charge is 2.38. The number of aromatic nitrogens is 4. The van der Waals surface area contributed by atoms with Crippen molar-refractivity contribution >= 4 is 16.0 Å². The van der Waals surface area contributed by atoms with Crippen LogP contribution in [0.25, 0.3) is 0 Å². The Morgan fingerprint density at radius 3 is 2.43 bits per heavy atom. The van der Waals surface area contributed by atoms with Gasteiger partial charge in [0, 0.05) is 51.2 Å². The highest BCUT2D eigenvalue weighted by atomic mass is 32.2. The lowest BCUT2D eigenvalue weighted by atomic mass is 10.1. The van der Waals surface area contributed by atoms with Gasteiger partial charge in [0.25, 0.3) is 0 Å². The van der Waals surface area contributed by atoms with Crippen LogP contribution in [-0.4, -0.2) is 84.1 Å². The maximum absolute atomic E-state index is 13.4. The van der Waals surface area contributed by atoms with Gasteiger partial charge in [-0.3, -0.25) is 4.68 Å². The molecule has 5 heterocycles. The molecule has 0 aliphatic carbocycles. The highest BCUT2D eigenvalue weighted by Crippen LogP contribution is 2.36. The van der Waals surface area contributed by atoms with Crippen molar-refractivity contribution < 1.29 is 35.8 Å². The number of sulfonamides is 1. The van der Waals surface area contributed by atoms with E-state index in [0.717, 1.165) is 12.8 Å². The summed E-state index contributed by atoms with van der Waals surface area (Å²) in [5.41, 5.74) is -1.05. The van der Waals surface area contributed by atoms with Gasteiger partial charge in [-0.05, 0) is 25.7 Å². The second-order valence-corrected chi connectivity index (χ2v) is 11.3. The third-order valence-electron chi connectivity index (χ3n) is 6.79. The molecule has 3 aliphatic heterocycles. The van der Waals surface area contributed by atoms with Gasteiger partial charge in [-0.2, -0.15) is 27.6 Å². The minimum Gasteiger partial charge on any atom is -0.471 e. The minimum absolute atomic E-state index is 0.000889. The summed E-state index contributed by atoms with van der Waals surface area (Å²) in [5, 5.41) is 7.30. The molecule has 2 aromatic heterocycles. The van der Waals surface area contributed by atoms with E-state index in [4.69, 9.17) is 14.2 Å². The summed E-state index contributed by atoms with van der Waals surface area (Å²) in [6.45, 7) is 2.35. The van der Waals surface area contributed by atoms with Gasteiger partial charge < -0.3 is 19.5 Å². The molecule has 0 bridgehead atoms. The van der Waals surface area contributed by atoms with Crippen molar-refractivity contribution in [3.05, 3.63) is 24.2 Å². The number of nitrogens with zero attached hydrogens (tertiary/aromatic N) is 5. The average Bonchev–Trinajstić information content (AvgIpc) is 3.57. The predicted molar refractivity (Wildman–Crippen MR) is 124 cm³/mol. The number of hydrogen-bond donors (Lipinski definition) is 1. The van der Waals surface area contributed by atoms with Gasteiger partial charge in [-0.1, -0.05) is 0 Å². The summed E-state index contributed by atoms with van der Waals surface area (Å²) in [5.74, 6) is -0.539. The van der Waals surface area contributed by atoms with E-state index < -0.39 is 33.7 Å². The number of rotatable bonds is 7. The van der Waals surface area contributed by atoms with Crippen LogP contribution in [0.2, 0.25) is 0 Å².